The van der Waals surface area contributed by atoms with Gasteiger partial charge in [-0.25, -0.2) is 4.68 Å². The van der Waals surface area contributed by atoms with Gasteiger partial charge in [-0.1, -0.05) is 68.9 Å². The predicted molar refractivity (Wildman–Crippen MR) is 149 cm³/mol. The molecule has 0 aliphatic carbocycles. The standard InChI is InChI=1S/C27H31Cl3N4O3/c1-5-6-13-33(26(36)17-37-20-10-7-18(28)8-11-20)16-25(35)31-24-15-23(27(2,3)4)32-34(24)19-9-12-21(29)22(30)14-19/h7-12,14-15H,5-6,13,16-17H2,1-4H3,(H,31,35). The molecule has 0 radical (unpaired) electrons. The van der Waals surface area contributed by atoms with Gasteiger partial charge in [-0.2, -0.15) is 5.10 Å². The van der Waals surface area contributed by atoms with E-state index in [-0.39, 0.29) is 30.4 Å². The van der Waals surface area contributed by atoms with Crippen molar-refractivity contribution in [3.8, 4) is 11.4 Å². The Morgan fingerprint density at radius 3 is 2.35 bits per heavy atom. The normalized spacial score (nSPS) is 11.3. The first-order valence-electron chi connectivity index (χ1n) is 12.0. The molecule has 0 unspecified atom stereocenters. The quantitative estimate of drug-likeness (QED) is 0.294. The minimum atomic E-state index is -0.349. The number of unbranched alkanes of at least 4 members (excludes halogenated alkanes) is 1. The van der Waals surface area contributed by atoms with Gasteiger partial charge in [0.1, 0.15) is 18.1 Å². The molecule has 0 aliphatic heterocycles. The average Bonchev–Trinajstić information content (AvgIpc) is 3.27. The lowest BCUT2D eigenvalue weighted by Gasteiger charge is -2.22. The first-order valence-corrected chi connectivity index (χ1v) is 13.1. The van der Waals surface area contributed by atoms with Crippen molar-refractivity contribution in [2.45, 2.75) is 46.0 Å². The summed E-state index contributed by atoms with van der Waals surface area (Å²) in [6, 6.07) is 13.7. The predicted octanol–water partition coefficient (Wildman–Crippen LogP) is 6.78. The number of anilines is 1. The van der Waals surface area contributed by atoms with Gasteiger partial charge in [0.15, 0.2) is 6.61 Å². The van der Waals surface area contributed by atoms with Gasteiger partial charge in [-0.3, -0.25) is 9.59 Å². The van der Waals surface area contributed by atoms with E-state index in [9.17, 15) is 9.59 Å². The Morgan fingerprint density at radius 1 is 1.03 bits per heavy atom. The minimum absolute atomic E-state index is 0.125. The molecular weight excluding hydrogens is 535 g/mol. The van der Waals surface area contributed by atoms with Gasteiger partial charge >= 0.3 is 0 Å². The maximum absolute atomic E-state index is 13.1. The number of aromatic nitrogens is 2. The third-order valence-corrected chi connectivity index (χ3v) is 6.53. The van der Waals surface area contributed by atoms with Crippen molar-refractivity contribution in [3.05, 3.63) is 69.3 Å². The second-order valence-corrected chi connectivity index (χ2v) is 10.9. The van der Waals surface area contributed by atoms with Crippen LogP contribution in [0.2, 0.25) is 15.1 Å². The molecule has 2 amide bonds. The number of hydrogen-bond acceptors (Lipinski definition) is 4. The number of rotatable bonds is 10. The molecule has 3 aromatic rings. The van der Waals surface area contributed by atoms with Crippen LogP contribution in [0.15, 0.2) is 48.5 Å². The minimum Gasteiger partial charge on any atom is -0.484 e. The molecule has 1 aromatic heterocycles. The lowest BCUT2D eigenvalue weighted by Crippen LogP contribution is -2.41. The summed E-state index contributed by atoms with van der Waals surface area (Å²) in [6.07, 6.45) is 1.64. The molecule has 0 atom stereocenters. The van der Waals surface area contributed by atoms with Crippen LogP contribution in [0.1, 0.15) is 46.2 Å². The van der Waals surface area contributed by atoms with Crippen molar-refractivity contribution in [2.24, 2.45) is 0 Å². The van der Waals surface area contributed by atoms with Crippen LogP contribution in [-0.2, 0) is 15.0 Å². The van der Waals surface area contributed by atoms with Crippen LogP contribution in [0.25, 0.3) is 5.69 Å². The van der Waals surface area contributed by atoms with Crippen LogP contribution < -0.4 is 10.1 Å². The van der Waals surface area contributed by atoms with E-state index < -0.39 is 0 Å². The highest BCUT2D eigenvalue weighted by Crippen LogP contribution is 2.29. The molecule has 37 heavy (non-hydrogen) atoms. The summed E-state index contributed by atoms with van der Waals surface area (Å²) in [5.74, 6) is 0.357. The zero-order valence-electron chi connectivity index (χ0n) is 21.4. The van der Waals surface area contributed by atoms with Crippen molar-refractivity contribution in [1.29, 1.82) is 0 Å². The van der Waals surface area contributed by atoms with Gasteiger partial charge in [0.05, 0.1) is 21.4 Å². The summed E-state index contributed by atoms with van der Waals surface area (Å²) < 4.78 is 7.22. The van der Waals surface area contributed by atoms with Crippen molar-refractivity contribution in [1.82, 2.24) is 14.7 Å². The Hall–Kier alpha value is -2.74. The van der Waals surface area contributed by atoms with Gasteiger partial charge in [0.25, 0.3) is 5.91 Å². The lowest BCUT2D eigenvalue weighted by atomic mass is 9.92. The molecular formula is C27H31Cl3N4O3. The Kier molecular flexibility index (Phi) is 9.87. The van der Waals surface area contributed by atoms with E-state index in [0.29, 0.717) is 38.9 Å². The van der Waals surface area contributed by atoms with E-state index in [1.165, 1.54) is 4.90 Å². The topological polar surface area (TPSA) is 76.5 Å². The monoisotopic (exact) mass is 564 g/mol. The van der Waals surface area contributed by atoms with Gasteiger partial charge in [0.2, 0.25) is 5.91 Å². The highest BCUT2D eigenvalue weighted by atomic mass is 35.5. The van der Waals surface area contributed by atoms with Crippen molar-refractivity contribution >= 4 is 52.4 Å². The summed E-state index contributed by atoms with van der Waals surface area (Å²) >= 11 is 18.2. The van der Waals surface area contributed by atoms with Gasteiger partial charge in [-0.05, 0) is 48.9 Å². The van der Waals surface area contributed by atoms with E-state index in [4.69, 9.17) is 44.6 Å². The molecule has 7 nitrogen and oxygen atoms in total. The zero-order valence-corrected chi connectivity index (χ0v) is 23.6. The van der Waals surface area contributed by atoms with Crippen LogP contribution in [-0.4, -0.2) is 46.2 Å². The molecule has 0 saturated heterocycles. The van der Waals surface area contributed by atoms with Crippen LogP contribution in [0.4, 0.5) is 5.82 Å². The largest absolute Gasteiger partial charge is 0.484 e. The Labute approximate surface area is 232 Å². The van der Waals surface area contributed by atoms with E-state index in [2.05, 4.69) is 5.32 Å². The average molecular weight is 566 g/mol. The number of halogens is 3. The zero-order chi connectivity index (χ0) is 27.2. The van der Waals surface area contributed by atoms with Crippen LogP contribution >= 0.6 is 34.8 Å². The Bertz CT molecular complexity index is 1240. The van der Waals surface area contributed by atoms with Gasteiger partial charge in [-0.15, -0.1) is 0 Å². The number of nitrogens with one attached hydrogen (secondary N) is 1. The number of hydrogen-bond donors (Lipinski definition) is 1. The van der Waals surface area contributed by atoms with Crippen LogP contribution in [0, 0.1) is 0 Å². The molecule has 0 bridgehead atoms. The molecule has 198 valence electrons. The second kappa shape index (κ2) is 12.7. The number of amides is 2. The summed E-state index contributed by atoms with van der Waals surface area (Å²) in [4.78, 5) is 27.5. The molecule has 1 heterocycles. The number of ether oxygens (including phenoxy) is 1. The number of benzene rings is 2. The molecule has 0 aliphatic rings. The summed E-state index contributed by atoms with van der Waals surface area (Å²) in [6.45, 7) is 8.25. The van der Waals surface area contributed by atoms with E-state index in [1.807, 2.05) is 33.8 Å². The van der Waals surface area contributed by atoms with E-state index in [1.54, 1.807) is 47.1 Å². The molecule has 0 saturated carbocycles. The molecule has 10 heteroatoms. The fourth-order valence-corrected chi connectivity index (χ4v) is 3.83. The van der Waals surface area contributed by atoms with E-state index in [0.717, 1.165) is 18.5 Å². The maximum atomic E-state index is 13.1. The molecule has 0 fully saturated rings. The fourth-order valence-electron chi connectivity index (χ4n) is 3.41. The van der Waals surface area contributed by atoms with Crippen LogP contribution in [0.5, 0.6) is 5.75 Å². The van der Waals surface area contributed by atoms with E-state index >= 15 is 0 Å². The van der Waals surface area contributed by atoms with Crippen molar-refractivity contribution < 1.29 is 14.3 Å². The number of nitrogens with zero attached hydrogens (tertiary/aromatic N) is 3. The smallest absolute Gasteiger partial charge is 0.260 e. The molecule has 2 aromatic carbocycles. The summed E-state index contributed by atoms with van der Waals surface area (Å²) in [5, 5.41) is 8.99. The van der Waals surface area contributed by atoms with Crippen LogP contribution in [0.3, 0.4) is 0 Å². The summed E-state index contributed by atoms with van der Waals surface area (Å²) in [5.41, 5.74) is 1.17. The Morgan fingerprint density at radius 2 is 1.73 bits per heavy atom. The third-order valence-electron chi connectivity index (χ3n) is 5.54. The number of carbonyl (C=O) groups is 2. The SMILES string of the molecule is CCCCN(CC(=O)Nc1cc(C(C)(C)C)nn1-c1ccc(Cl)c(Cl)c1)C(=O)COc1ccc(Cl)cc1. The fraction of sp³-hybridized carbons (Fsp3) is 0.370. The molecule has 3 rings (SSSR count). The van der Waals surface area contributed by atoms with Crippen molar-refractivity contribution in [2.75, 3.05) is 25.0 Å². The van der Waals surface area contributed by atoms with Gasteiger partial charge in [0, 0.05) is 23.0 Å². The second-order valence-electron chi connectivity index (χ2n) is 9.63. The summed E-state index contributed by atoms with van der Waals surface area (Å²) in [7, 11) is 0. The first-order chi connectivity index (χ1) is 17.5. The Balaban J connectivity index is 1.77. The maximum Gasteiger partial charge on any atom is 0.260 e. The third kappa shape index (κ3) is 8.12. The highest BCUT2D eigenvalue weighted by Gasteiger charge is 2.23. The van der Waals surface area contributed by atoms with Gasteiger partial charge < -0.3 is 15.0 Å². The molecule has 0 spiro atoms. The molecule has 1 N–H and O–H groups in total. The highest BCUT2D eigenvalue weighted by molar-refractivity contribution is 6.42. The van der Waals surface area contributed by atoms with Crippen molar-refractivity contribution in [3.63, 3.8) is 0 Å². The lowest BCUT2D eigenvalue weighted by molar-refractivity contribution is -0.136. The number of carbonyl (C=O) groups excluding carboxylic acids is 2. The first kappa shape index (κ1) is 28.8.